The maximum Gasteiger partial charge on any atom is 0.341 e. The fraction of sp³-hybridized carbons (Fsp3) is 0.444. The van der Waals surface area contributed by atoms with E-state index >= 15 is 0 Å². The molecule has 1 unspecified atom stereocenters. The second-order valence-electron chi connectivity index (χ2n) is 6.33. The van der Waals surface area contributed by atoms with Gasteiger partial charge in [-0.25, -0.2) is 4.79 Å². The molecular weight excluding hydrogens is 292 g/mol. The van der Waals surface area contributed by atoms with Gasteiger partial charge in [-0.1, -0.05) is 35.5 Å². The van der Waals surface area contributed by atoms with Crippen molar-refractivity contribution in [3.63, 3.8) is 0 Å². The van der Waals surface area contributed by atoms with E-state index in [1.54, 1.807) is 6.92 Å². The molecule has 1 atom stereocenters. The van der Waals surface area contributed by atoms with Crippen LogP contribution in [0.25, 0.3) is 0 Å². The van der Waals surface area contributed by atoms with Gasteiger partial charge in [-0.15, -0.1) is 0 Å². The molecule has 1 aliphatic carbocycles. The van der Waals surface area contributed by atoms with Crippen molar-refractivity contribution < 1.29 is 14.4 Å². The molecule has 23 heavy (non-hydrogen) atoms. The highest BCUT2D eigenvalue weighted by atomic mass is 16.5. The highest BCUT2D eigenvalue weighted by molar-refractivity contribution is 5.89. The lowest BCUT2D eigenvalue weighted by atomic mass is 10.1. The Balaban J connectivity index is 1.82. The monoisotopic (exact) mass is 314 g/mol. The van der Waals surface area contributed by atoms with Crippen LogP contribution in [0.3, 0.4) is 0 Å². The first-order chi connectivity index (χ1) is 11.1. The van der Waals surface area contributed by atoms with Crippen LogP contribution in [0.1, 0.15) is 47.1 Å². The summed E-state index contributed by atoms with van der Waals surface area (Å²) in [6.45, 7) is 5.13. The van der Waals surface area contributed by atoms with Crippen LogP contribution in [-0.4, -0.2) is 27.2 Å². The largest absolute Gasteiger partial charge is 0.477 e. The van der Waals surface area contributed by atoms with Crippen molar-refractivity contribution >= 4 is 5.97 Å². The molecule has 122 valence electrons. The Morgan fingerprint density at radius 2 is 2.04 bits per heavy atom. The number of hydrogen-bond donors (Lipinski definition) is 1. The molecule has 1 fully saturated rings. The minimum atomic E-state index is -0.975. The summed E-state index contributed by atoms with van der Waals surface area (Å²) >= 11 is 0. The SMILES string of the molecule is Cc1onc(CN(Cc2ccccc2)C(C)C2CC2)c1C(=O)O. The summed E-state index contributed by atoms with van der Waals surface area (Å²) < 4.78 is 5.11. The summed E-state index contributed by atoms with van der Waals surface area (Å²) in [7, 11) is 0. The molecule has 1 saturated carbocycles. The van der Waals surface area contributed by atoms with Gasteiger partial charge in [0.15, 0.2) is 0 Å². The van der Waals surface area contributed by atoms with Crippen LogP contribution in [0.15, 0.2) is 34.9 Å². The number of aromatic carboxylic acids is 1. The van der Waals surface area contributed by atoms with Gasteiger partial charge in [0.2, 0.25) is 0 Å². The predicted octanol–water partition coefficient (Wildman–Crippen LogP) is 3.48. The summed E-state index contributed by atoms with van der Waals surface area (Å²) in [6, 6.07) is 10.6. The van der Waals surface area contributed by atoms with Gasteiger partial charge in [0.05, 0.1) is 0 Å². The van der Waals surface area contributed by atoms with Crippen molar-refractivity contribution in [3.05, 3.63) is 52.9 Å². The molecule has 2 aromatic rings. The van der Waals surface area contributed by atoms with Gasteiger partial charge in [-0.3, -0.25) is 4.90 Å². The average molecular weight is 314 g/mol. The molecule has 1 aromatic carbocycles. The Bertz CT molecular complexity index is 677. The molecule has 0 spiro atoms. The lowest BCUT2D eigenvalue weighted by Gasteiger charge is -2.28. The molecule has 1 aromatic heterocycles. The highest BCUT2D eigenvalue weighted by Crippen LogP contribution is 2.36. The van der Waals surface area contributed by atoms with Gasteiger partial charge in [0.1, 0.15) is 17.0 Å². The van der Waals surface area contributed by atoms with E-state index in [4.69, 9.17) is 4.52 Å². The lowest BCUT2D eigenvalue weighted by Crippen LogP contribution is -2.34. The van der Waals surface area contributed by atoms with E-state index in [2.05, 4.69) is 29.1 Å². The van der Waals surface area contributed by atoms with Crippen molar-refractivity contribution in [2.75, 3.05) is 0 Å². The summed E-state index contributed by atoms with van der Waals surface area (Å²) in [5.74, 6) is 0.0868. The van der Waals surface area contributed by atoms with Crippen molar-refractivity contribution in [1.29, 1.82) is 0 Å². The highest BCUT2D eigenvalue weighted by Gasteiger charge is 2.33. The summed E-state index contributed by atoms with van der Waals surface area (Å²) in [4.78, 5) is 13.7. The molecule has 0 radical (unpaired) electrons. The number of aromatic nitrogens is 1. The summed E-state index contributed by atoms with van der Waals surface area (Å²) in [6.07, 6.45) is 2.49. The first-order valence-electron chi connectivity index (χ1n) is 8.02. The van der Waals surface area contributed by atoms with E-state index in [1.165, 1.54) is 18.4 Å². The van der Waals surface area contributed by atoms with E-state index in [0.717, 1.165) is 6.54 Å². The van der Waals surface area contributed by atoms with Gasteiger partial charge in [-0.05, 0) is 38.2 Å². The third kappa shape index (κ3) is 3.62. The van der Waals surface area contributed by atoms with Crippen LogP contribution in [-0.2, 0) is 13.1 Å². The van der Waals surface area contributed by atoms with Crippen molar-refractivity contribution in [2.24, 2.45) is 5.92 Å². The number of aryl methyl sites for hydroxylation is 1. The van der Waals surface area contributed by atoms with E-state index in [-0.39, 0.29) is 5.56 Å². The van der Waals surface area contributed by atoms with Gasteiger partial charge in [0.25, 0.3) is 0 Å². The van der Waals surface area contributed by atoms with Crippen molar-refractivity contribution in [2.45, 2.75) is 45.8 Å². The van der Waals surface area contributed by atoms with Gasteiger partial charge in [-0.2, -0.15) is 0 Å². The number of hydrogen-bond acceptors (Lipinski definition) is 4. The van der Waals surface area contributed by atoms with Crippen LogP contribution >= 0.6 is 0 Å². The molecule has 1 heterocycles. The molecule has 0 amide bonds. The van der Waals surface area contributed by atoms with Crippen molar-refractivity contribution in [3.8, 4) is 0 Å². The first-order valence-corrected chi connectivity index (χ1v) is 8.02. The zero-order chi connectivity index (χ0) is 16.4. The molecule has 0 aliphatic heterocycles. The van der Waals surface area contributed by atoms with Crippen LogP contribution in [0.4, 0.5) is 0 Å². The third-order valence-electron chi connectivity index (χ3n) is 4.61. The van der Waals surface area contributed by atoms with E-state index in [9.17, 15) is 9.90 Å². The Morgan fingerprint density at radius 3 is 2.65 bits per heavy atom. The Hall–Kier alpha value is -2.14. The Morgan fingerprint density at radius 1 is 1.35 bits per heavy atom. The van der Waals surface area contributed by atoms with Gasteiger partial charge < -0.3 is 9.63 Å². The zero-order valence-electron chi connectivity index (χ0n) is 13.5. The molecule has 5 nitrogen and oxygen atoms in total. The minimum absolute atomic E-state index is 0.200. The van der Waals surface area contributed by atoms with Crippen LogP contribution in [0, 0.1) is 12.8 Å². The Kier molecular flexibility index (Phi) is 4.48. The predicted molar refractivity (Wildman–Crippen MR) is 86.1 cm³/mol. The van der Waals surface area contributed by atoms with Gasteiger partial charge >= 0.3 is 5.97 Å². The number of carboxylic acids is 1. The average Bonchev–Trinajstić information content (AvgIpc) is 3.31. The fourth-order valence-electron chi connectivity index (χ4n) is 3.03. The number of nitrogens with zero attached hydrogens (tertiary/aromatic N) is 2. The lowest BCUT2D eigenvalue weighted by molar-refractivity contribution is 0.0691. The van der Waals surface area contributed by atoms with E-state index in [0.29, 0.717) is 30.0 Å². The number of carbonyl (C=O) groups is 1. The maximum atomic E-state index is 11.4. The van der Waals surface area contributed by atoms with Crippen molar-refractivity contribution in [1.82, 2.24) is 10.1 Å². The molecular formula is C18H22N2O3. The molecule has 1 N–H and O–H groups in total. The van der Waals surface area contributed by atoms with E-state index < -0.39 is 5.97 Å². The fourth-order valence-corrected chi connectivity index (χ4v) is 3.03. The smallest absolute Gasteiger partial charge is 0.341 e. The molecule has 0 saturated heterocycles. The number of rotatable bonds is 7. The second-order valence-corrected chi connectivity index (χ2v) is 6.33. The Labute approximate surface area is 135 Å². The summed E-state index contributed by atoms with van der Waals surface area (Å²) in [5.41, 5.74) is 1.93. The minimum Gasteiger partial charge on any atom is -0.477 e. The van der Waals surface area contributed by atoms with Gasteiger partial charge in [0, 0.05) is 19.1 Å². The van der Waals surface area contributed by atoms with Crippen LogP contribution < -0.4 is 0 Å². The molecule has 5 heteroatoms. The summed E-state index contributed by atoms with van der Waals surface area (Å²) in [5, 5.41) is 13.4. The third-order valence-corrected chi connectivity index (χ3v) is 4.61. The number of benzene rings is 1. The standard InChI is InChI=1S/C18H22N2O3/c1-12(15-8-9-15)20(10-14-6-4-3-5-7-14)11-16-17(18(21)22)13(2)23-19-16/h3-7,12,15H,8-11H2,1-2H3,(H,21,22). The maximum absolute atomic E-state index is 11.4. The molecule has 3 rings (SSSR count). The molecule has 1 aliphatic rings. The topological polar surface area (TPSA) is 66.6 Å². The van der Waals surface area contributed by atoms with Crippen LogP contribution in [0.5, 0.6) is 0 Å². The quantitative estimate of drug-likeness (QED) is 0.847. The molecule has 0 bridgehead atoms. The second kappa shape index (κ2) is 6.54. The van der Waals surface area contributed by atoms with E-state index in [1.807, 2.05) is 18.2 Å². The van der Waals surface area contributed by atoms with Crippen LogP contribution in [0.2, 0.25) is 0 Å². The zero-order valence-corrected chi connectivity index (χ0v) is 13.5. The number of carboxylic acid groups (broad SMARTS) is 1. The first kappa shape index (κ1) is 15.7. The normalized spacial score (nSPS) is 15.8.